The van der Waals surface area contributed by atoms with Crippen molar-refractivity contribution >= 4 is 11.9 Å². The molecule has 3 rings (SSSR count). The van der Waals surface area contributed by atoms with Gasteiger partial charge in [-0.1, -0.05) is 6.07 Å². The van der Waals surface area contributed by atoms with E-state index in [0.717, 1.165) is 58.4 Å². The van der Waals surface area contributed by atoms with Gasteiger partial charge in [-0.15, -0.1) is 0 Å². The van der Waals surface area contributed by atoms with Gasteiger partial charge >= 0.3 is 5.97 Å². The van der Waals surface area contributed by atoms with Gasteiger partial charge in [-0.3, -0.25) is 24.4 Å². The predicted octanol–water partition coefficient (Wildman–Crippen LogP) is 1.44. The number of carbonyl (C=O) groups is 2. The Balaban J connectivity index is 1.41. The Morgan fingerprint density at radius 1 is 1.25 bits per heavy atom. The number of nitrogens with zero attached hydrogens (tertiary/aromatic N) is 3. The summed E-state index contributed by atoms with van der Waals surface area (Å²) in [5, 5.41) is 2.89. The van der Waals surface area contributed by atoms with Gasteiger partial charge in [-0.2, -0.15) is 0 Å². The highest BCUT2D eigenvalue weighted by atomic mass is 16.5. The molecule has 1 amide bonds. The van der Waals surface area contributed by atoms with Crippen LogP contribution >= 0.6 is 0 Å². The number of hydrogen-bond acceptors (Lipinski definition) is 6. The lowest BCUT2D eigenvalue weighted by Gasteiger charge is -2.42. The van der Waals surface area contributed by atoms with Crippen molar-refractivity contribution in [2.24, 2.45) is 5.92 Å². The number of methoxy groups -OCH3 is 1. The molecule has 3 heterocycles. The number of piperidine rings is 2. The van der Waals surface area contributed by atoms with Crippen LogP contribution in [-0.4, -0.2) is 72.5 Å². The van der Waals surface area contributed by atoms with Gasteiger partial charge < -0.3 is 10.1 Å². The molecule has 2 fully saturated rings. The molecule has 154 valence electrons. The maximum absolute atomic E-state index is 12.4. The fraction of sp³-hybridized carbons (Fsp3) is 0.667. The van der Waals surface area contributed by atoms with Crippen molar-refractivity contribution in [2.45, 2.75) is 44.7 Å². The van der Waals surface area contributed by atoms with Gasteiger partial charge in [0, 0.05) is 38.1 Å². The van der Waals surface area contributed by atoms with Gasteiger partial charge in [-0.25, -0.2) is 0 Å². The molecule has 7 heteroatoms. The van der Waals surface area contributed by atoms with Gasteiger partial charge in [0.1, 0.15) is 0 Å². The monoisotopic (exact) mass is 388 g/mol. The number of likely N-dealkylation sites (tertiary alicyclic amines) is 2. The molecule has 2 saturated heterocycles. The quantitative estimate of drug-likeness (QED) is 0.713. The molecular formula is C21H32N4O3. The molecule has 1 unspecified atom stereocenters. The Hall–Kier alpha value is -1.99. The predicted molar refractivity (Wildman–Crippen MR) is 106 cm³/mol. The SMILES string of the molecule is COC(=O)CCNC(=O)C1CCCN(C2CCN(Cc3cccnc3)CC2)C1. The first-order chi connectivity index (χ1) is 13.7. The minimum Gasteiger partial charge on any atom is -0.469 e. The van der Waals surface area contributed by atoms with Gasteiger partial charge in [0.15, 0.2) is 0 Å². The van der Waals surface area contributed by atoms with Gasteiger partial charge in [-0.05, 0) is 56.9 Å². The Kier molecular flexibility index (Phi) is 7.80. The molecule has 0 aromatic carbocycles. The van der Waals surface area contributed by atoms with Crippen LogP contribution in [0.1, 0.15) is 37.7 Å². The van der Waals surface area contributed by atoms with Crippen LogP contribution < -0.4 is 5.32 Å². The Bertz CT molecular complexity index is 632. The first-order valence-electron chi connectivity index (χ1n) is 10.4. The van der Waals surface area contributed by atoms with E-state index in [1.165, 1.54) is 12.7 Å². The molecule has 2 aliphatic rings. The van der Waals surface area contributed by atoms with E-state index in [1.54, 1.807) is 0 Å². The van der Waals surface area contributed by atoms with Crippen LogP contribution in [0.25, 0.3) is 0 Å². The van der Waals surface area contributed by atoms with Gasteiger partial charge in [0.2, 0.25) is 5.91 Å². The van der Waals surface area contributed by atoms with Crippen molar-refractivity contribution in [3.8, 4) is 0 Å². The number of carbonyl (C=O) groups excluding carboxylic acids is 2. The van der Waals surface area contributed by atoms with Crippen LogP contribution in [0.2, 0.25) is 0 Å². The molecule has 0 saturated carbocycles. The average Bonchev–Trinajstić information content (AvgIpc) is 2.75. The van der Waals surface area contributed by atoms with Crippen LogP contribution in [0.3, 0.4) is 0 Å². The Morgan fingerprint density at radius 2 is 2.07 bits per heavy atom. The number of rotatable bonds is 7. The number of esters is 1. The Morgan fingerprint density at radius 3 is 2.79 bits per heavy atom. The van der Waals surface area contributed by atoms with Crippen molar-refractivity contribution in [2.75, 3.05) is 39.8 Å². The highest BCUT2D eigenvalue weighted by Gasteiger charge is 2.31. The van der Waals surface area contributed by atoms with E-state index in [4.69, 9.17) is 0 Å². The molecule has 0 bridgehead atoms. The molecule has 1 aromatic rings. The van der Waals surface area contributed by atoms with Crippen LogP contribution in [0, 0.1) is 5.92 Å². The summed E-state index contributed by atoms with van der Waals surface area (Å²) in [6, 6.07) is 4.69. The summed E-state index contributed by atoms with van der Waals surface area (Å²) in [5.74, 6) is -0.189. The average molecular weight is 389 g/mol. The van der Waals surface area contributed by atoms with E-state index in [2.05, 4.69) is 30.9 Å². The molecule has 0 aliphatic carbocycles. The first kappa shape index (κ1) is 20.7. The van der Waals surface area contributed by atoms with E-state index in [0.29, 0.717) is 12.6 Å². The normalized spacial score (nSPS) is 22.0. The highest BCUT2D eigenvalue weighted by molar-refractivity contribution is 5.79. The molecule has 2 aliphatic heterocycles. The van der Waals surface area contributed by atoms with E-state index >= 15 is 0 Å². The summed E-state index contributed by atoms with van der Waals surface area (Å²) < 4.78 is 4.61. The molecule has 28 heavy (non-hydrogen) atoms. The lowest BCUT2D eigenvalue weighted by atomic mass is 9.93. The summed E-state index contributed by atoms with van der Waals surface area (Å²) in [7, 11) is 1.37. The van der Waals surface area contributed by atoms with Crippen molar-refractivity contribution in [1.29, 1.82) is 0 Å². The minimum absolute atomic E-state index is 0.0276. The van der Waals surface area contributed by atoms with Crippen molar-refractivity contribution in [3.05, 3.63) is 30.1 Å². The summed E-state index contributed by atoms with van der Waals surface area (Å²) in [5.41, 5.74) is 1.27. The second-order valence-electron chi connectivity index (χ2n) is 7.82. The largest absolute Gasteiger partial charge is 0.469 e. The number of aromatic nitrogens is 1. The van der Waals surface area contributed by atoms with Crippen LogP contribution in [0.5, 0.6) is 0 Å². The zero-order valence-electron chi connectivity index (χ0n) is 16.8. The Labute approximate surface area is 167 Å². The fourth-order valence-corrected chi connectivity index (χ4v) is 4.28. The van der Waals surface area contributed by atoms with E-state index < -0.39 is 0 Å². The number of hydrogen-bond donors (Lipinski definition) is 1. The molecular weight excluding hydrogens is 356 g/mol. The number of nitrogens with one attached hydrogen (secondary N) is 1. The standard InChI is InChI=1S/C21H32N4O3/c1-28-20(26)6-10-23-21(27)18-5-3-11-25(16-18)19-7-12-24(13-8-19)15-17-4-2-9-22-14-17/h2,4,9,14,18-19H,3,5-8,10-13,15-16H2,1H3,(H,23,27). The van der Waals surface area contributed by atoms with Gasteiger partial charge in [0.05, 0.1) is 19.4 Å². The van der Waals surface area contributed by atoms with Crippen molar-refractivity contribution in [1.82, 2.24) is 20.1 Å². The van der Waals surface area contributed by atoms with Crippen LogP contribution in [0.15, 0.2) is 24.5 Å². The van der Waals surface area contributed by atoms with Gasteiger partial charge in [0.25, 0.3) is 0 Å². The minimum atomic E-state index is -0.288. The van der Waals surface area contributed by atoms with E-state index in [1.807, 2.05) is 18.5 Å². The number of pyridine rings is 1. The van der Waals surface area contributed by atoms with Crippen LogP contribution in [-0.2, 0) is 20.9 Å². The van der Waals surface area contributed by atoms with Crippen molar-refractivity contribution in [3.63, 3.8) is 0 Å². The molecule has 0 spiro atoms. The third-order valence-corrected chi connectivity index (χ3v) is 5.88. The highest BCUT2D eigenvalue weighted by Crippen LogP contribution is 2.24. The third kappa shape index (κ3) is 6.01. The fourth-order valence-electron chi connectivity index (χ4n) is 4.28. The molecule has 1 aromatic heterocycles. The zero-order chi connectivity index (χ0) is 19.8. The summed E-state index contributed by atoms with van der Waals surface area (Å²) >= 11 is 0. The summed E-state index contributed by atoms with van der Waals surface area (Å²) in [6.07, 6.45) is 8.28. The lowest BCUT2D eigenvalue weighted by Crippen LogP contribution is -2.50. The van der Waals surface area contributed by atoms with E-state index in [-0.39, 0.29) is 24.2 Å². The van der Waals surface area contributed by atoms with Crippen molar-refractivity contribution < 1.29 is 14.3 Å². The summed E-state index contributed by atoms with van der Waals surface area (Å²) in [6.45, 7) is 5.41. The van der Waals surface area contributed by atoms with Crippen LogP contribution in [0.4, 0.5) is 0 Å². The smallest absolute Gasteiger partial charge is 0.307 e. The second kappa shape index (κ2) is 10.5. The summed E-state index contributed by atoms with van der Waals surface area (Å²) in [4.78, 5) is 32.8. The lowest BCUT2D eigenvalue weighted by molar-refractivity contribution is -0.140. The number of amides is 1. The third-order valence-electron chi connectivity index (χ3n) is 5.88. The molecule has 0 radical (unpaired) electrons. The zero-order valence-corrected chi connectivity index (χ0v) is 16.8. The maximum Gasteiger partial charge on any atom is 0.307 e. The second-order valence-corrected chi connectivity index (χ2v) is 7.82. The van der Waals surface area contributed by atoms with E-state index in [9.17, 15) is 9.59 Å². The first-order valence-corrected chi connectivity index (χ1v) is 10.4. The molecule has 1 atom stereocenters. The molecule has 1 N–H and O–H groups in total. The number of ether oxygens (including phenoxy) is 1. The molecule has 7 nitrogen and oxygen atoms in total. The topological polar surface area (TPSA) is 74.8 Å². The maximum atomic E-state index is 12.4.